The van der Waals surface area contributed by atoms with E-state index >= 15 is 0 Å². The van der Waals surface area contributed by atoms with Gasteiger partial charge in [-0.05, 0) is 36.2 Å². The van der Waals surface area contributed by atoms with Gasteiger partial charge in [0.05, 0.1) is 7.11 Å². The standard InChI is InChI=1S/C19H21N3O3/c1-3-9-21-19(24)17-13-15(8-11-20-17)18(23)22-10-7-14-5-4-6-16(12-14)25-2/h3-6,8,11-13H,1,7,9-10H2,2H3,(H,21,24)(H,22,23). The molecule has 1 aromatic carbocycles. The van der Waals surface area contributed by atoms with E-state index in [4.69, 9.17) is 4.74 Å². The lowest BCUT2D eigenvalue weighted by atomic mass is 10.1. The molecule has 6 heteroatoms. The van der Waals surface area contributed by atoms with Crippen molar-refractivity contribution in [2.45, 2.75) is 6.42 Å². The summed E-state index contributed by atoms with van der Waals surface area (Å²) >= 11 is 0. The Morgan fingerprint density at radius 3 is 2.80 bits per heavy atom. The largest absolute Gasteiger partial charge is 0.497 e. The Morgan fingerprint density at radius 2 is 2.04 bits per heavy atom. The van der Waals surface area contributed by atoms with Gasteiger partial charge in [-0.15, -0.1) is 6.58 Å². The summed E-state index contributed by atoms with van der Waals surface area (Å²) in [5.74, 6) is 0.196. The molecule has 25 heavy (non-hydrogen) atoms. The predicted octanol–water partition coefficient (Wildman–Crippen LogP) is 1.98. The van der Waals surface area contributed by atoms with Crippen molar-refractivity contribution < 1.29 is 14.3 Å². The van der Waals surface area contributed by atoms with Gasteiger partial charge in [-0.2, -0.15) is 0 Å². The minimum absolute atomic E-state index is 0.197. The number of carbonyl (C=O) groups is 2. The molecule has 0 bridgehead atoms. The maximum atomic E-state index is 12.2. The van der Waals surface area contributed by atoms with E-state index in [2.05, 4.69) is 22.2 Å². The molecule has 130 valence electrons. The van der Waals surface area contributed by atoms with Crippen molar-refractivity contribution in [1.29, 1.82) is 0 Å². The van der Waals surface area contributed by atoms with Crippen LogP contribution in [0.25, 0.3) is 0 Å². The number of aromatic nitrogens is 1. The van der Waals surface area contributed by atoms with Crippen LogP contribution in [0, 0.1) is 0 Å². The Hall–Kier alpha value is -3.15. The number of ether oxygens (including phenoxy) is 1. The summed E-state index contributed by atoms with van der Waals surface area (Å²) in [6.07, 6.45) is 3.70. The third-order valence-corrected chi connectivity index (χ3v) is 3.50. The Kier molecular flexibility index (Phi) is 6.71. The van der Waals surface area contributed by atoms with Gasteiger partial charge >= 0.3 is 0 Å². The van der Waals surface area contributed by atoms with Crippen molar-refractivity contribution in [2.24, 2.45) is 0 Å². The van der Waals surface area contributed by atoms with Gasteiger partial charge in [-0.25, -0.2) is 0 Å². The number of hydrogen-bond donors (Lipinski definition) is 2. The number of amides is 2. The highest BCUT2D eigenvalue weighted by molar-refractivity contribution is 5.98. The van der Waals surface area contributed by atoms with Crippen LogP contribution in [-0.4, -0.2) is 37.0 Å². The fourth-order valence-electron chi connectivity index (χ4n) is 2.20. The van der Waals surface area contributed by atoms with Crippen LogP contribution in [0.3, 0.4) is 0 Å². The Balaban J connectivity index is 1.92. The highest BCUT2D eigenvalue weighted by Gasteiger charge is 2.11. The van der Waals surface area contributed by atoms with E-state index in [9.17, 15) is 9.59 Å². The average Bonchev–Trinajstić information content (AvgIpc) is 2.66. The monoisotopic (exact) mass is 339 g/mol. The van der Waals surface area contributed by atoms with E-state index in [0.29, 0.717) is 25.1 Å². The molecule has 0 aliphatic heterocycles. The topological polar surface area (TPSA) is 80.3 Å². The zero-order valence-corrected chi connectivity index (χ0v) is 14.1. The maximum absolute atomic E-state index is 12.2. The van der Waals surface area contributed by atoms with E-state index in [1.807, 2.05) is 24.3 Å². The first kappa shape index (κ1) is 18.2. The second kappa shape index (κ2) is 9.22. The molecule has 0 fully saturated rings. The molecule has 0 aliphatic rings. The van der Waals surface area contributed by atoms with Gasteiger partial charge in [0.1, 0.15) is 11.4 Å². The molecule has 2 amide bonds. The number of nitrogens with zero attached hydrogens (tertiary/aromatic N) is 1. The Bertz CT molecular complexity index is 759. The minimum Gasteiger partial charge on any atom is -0.497 e. The molecule has 0 radical (unpaired) electrons. The highest BCUT2D eigenvalue weighted by atomic mass is 16.5. The fraction of sp³-hybridized carbons (Fsp3) is 0.211. The molecule has 2 rings (SSSR count). The molecule has 0 spiro atoms. The summed E-state index contributed by atoms with van der Waals surface area (Å²) in [6.45, 7) is 4.36. The quantitative estimate of drug-likeness (QED) is 0.721. The lowest BCUT2D eigenvalue weighted by Crippen LogP contribution is -2.27. The summed E-state index contributed by atoms with van der Waals surface area (Å²) in [5.41, 5.74) is 1.66. The Morgan fingerprint density at radius 1 is 1.20 bits per heavy atom. The summed E-state index contributed by atoms with van der Waals surface area (Å²) in [4.78, 5) is 28.1. The van der Waals surface area contributed by atoms with E-state index in [0.717, 1.165) is 11.3 Å². The van der Waals surface area contributed by atoms with Gasteiger partial charge in [0, 0.05) is 24.8 Å². The van der Waals surface area contributed by atoms with Gasteiger partial charge in [0.15, 0.2) is 0 Å². The zero-order valence-electron chi connectivity index (χ0n) is 14.1. The van der Waals surface area contributed by atoms with Crippen LogP contribution in [-0.2, 0) is 6.42 Å². The minimum atomic E-state index is -0.342. The number of benzene rings is 1. The number of carbonyl (C=O) groups excluding carboxylic acids is 2. The predicted molar refractivity (Wildman–Crippen MR) is 95.8 cm³/mol. The van der Waals surface area contributed by atoms with Crippen molar-refractivity contribution in [3.05, 3.63) is 72.1 Å². The first-order valence-electron chi connectivity index (χ1n) is 7.90. The Labute approximate surface area is 146 Å². The SMILES string of the molecule is C=CCNC(=O)c1cc(C(=O)NCCc2cccc(OC)c2)ccn1. The van der Waals surface area contributed by atoms with Crippen LogP contribution in [0.4, 0.5) is 0 Å². The van der Waals surface area contributed by atoms with Gasteiger partial charge in [0.25, 0.3) is 11.8 Å². The summed E-state index contributed by atoms with van der Waals surface area (Å²) < 4.78 is 5.18. The molecule has 0 atom stereocenters. The van der Waals surface area contributed by atoms with Crippen molar-refractivity contribution in [3.63, 3.8) is 0 Å². The van der Waals surface area contributed by atoms with E-state index < -0.39 is 0 Å². The highest BCUT2D eigenvalue weighted by Crippen LogP contribution is 2.12. The smallest absolute Gasteiger partial charge is 0.270 e. The molecule has 0 saturated carbocycles. The molecular formula is C19H21N3O3. The summed E-state index contributed by atoms with van der Waals surface area (Å²) in [6, 6.07) is 10.7. The van der Waals surface area contributed by atoms with Crippen molar-refractivity contribution in [3.8, 4) is 5.75 Å². The van der Waals surface area contributed by atoms with Gasteiger partial charge in [-0.1, -0.05) is 18.2 Å². The molecule has 0 aliphatic carbocycles. The van der Waals surface area contributed by atoms with Crippen molar-refractivity contribution in [2.75, 3.05) is 20.2 Å². The summed E-state index contributed by atoms with van der Waals surface area (Å²) in [5, 5.41) is 5.47. The number of pyridine rings is 1. The van der Waals surface area contributed by atoms with Crippen molar-refractivity contribution >= 4 is 11.8 Å². The number of hydrogen-bond acceptors (Lipinski definition) is 4. The molecule has 6 nitrogen and oxygen atoms in total. The first-order chi connectivity index (χ1) is 12.1. The molecule has 0 saturated heterocycles. The van der Waals surface area contributed by atoms with Gasteiger partial charge in [-0.3, -0.25) is 14.6 Å². The normalized spacial score (nSPS) is 9.96. The van der Waals surface area contributed by atoms with Crippen LogP contribution in [0.2, 0.25) is 0 Å². The molecule has 2 aromatic rings. The molecular weight excluding hydrogens is 318 g/mol. The molecule has 0 unspecified atom stereocenters. The lowest BCUT2D eigenvalue weighted by molar-refractivity contribution is 0.0953. The van der Waals surface area contributed by atoms with Gasteiger partial charge < -0.3 is 15.4 Å². The molecule has 2 N–H and O–H groups in total. The van der Waals surface area contributed by atoms with Crippen molar-refractivity contribution in [1.82, 2.24) is 15.6 Å². The van der Waals surface area contributed by atoms with Crippen LogP contribution in [0.5, 0.6) is 5.75 Å². The van der Waals surface area contributed by atoms with Gasteiger partial charge in [0.2, 0.25) is 0 Å². The second-order valence-electron chi connectivity index (χ2n) is 5.29. The van der Waals surface area contributed by atoms with E-state index in [1.165, 1.54) is 12.3 Å². The summed E-state index contributed by atoms with van der Waals surface area (Å²) in [7, 11) is 1.62. The zero-order chi connectivity index (χ0) is 18.1. The van der Waals surface area contributed by atoms with E-state index in [-0.39, 0.29) is 17.5 Å². The maximum Gasteiger partial charge on any atom is 0.270 e. The third-order valence-electron chi connectivity index (χ3n) is 3.50. The second-order valence-corrected chi connectivity index (χ2v) is 5.29. The molecule has 1 heterocycles. The van der Waals surface area contributed by atoms with Crippen LogP contribution >= 0.6 is 0 Å². The third kappa shape index (κ3) is 5.46. The van der Waals surface area contributed by atoms with E-state index in [1.54, 1.807) is 19.3 Å². The van der Waals surface area contributed by atoms with Crippen LogP contribution < -0.4 is 15.4 Å². The van der Waals surface area contributed by atoms with Crippen LogP contribution in [0.1, 0.15) is 26.4 Å². The first-order valence-corrected chi connectivity index (χ1v) is 7.90. The number of nitrogens with one attached hydrogen (secondary N) is 2. The number of methoxy groups -OCH3 is 1. The average molecular weight is 339 g/mol. The number of rotatable bonds is 8. The fourth-order valence-corrected chi connectivity index (χ4v) is 2.20. The molecule has 1 aromatic heterocycles. The van der Waals surface area contributed by atoms with Crippen LogP contribution in [0.15, 0.2) is 55.3 Å². The lowest BCUT2D eigenvalue weighted by Gasteiger charge is -2.08.